The van der Waals surface area contributed by atoms with Crippen molar-refractivity contribution in [2.75, 3.05) is 0 Å². The first-order valence-electron chi connectivity index (χ1n) is 4.43. The van der Waals surface area contributed by atoms with Crippen LogP contribution in [0.1, 0.15) is 5.56 Å². The number of nitrogens with zero attached hydrogens (tertiary/aromatic N) is 2. The fraction of sp³-hybridized carbons (Fsp3) is 0.0909. The van der Waals surface area contributed by atoms with Gasteiger partial charge in [0.2, 0.25) is 0 Å². The highest BCUT2D eigenvalue weighted by atomic mass is 127. The van der Waals surface area contributed by atoms with Crippen LogP contribution in [-0.2, 0) is 0 Å². The van der Waals surface area contributed by atoms with Crippen LogP contribution in [0.15, 0.2) is 23.8 Å². The minimum atomic E-state index is -4.78. The summed E-state index contributed by atoms with van der Waals surface area (Å²) in [7, 11) is 0. The number of benzene rings is 1. The largest absolute Gasteiger partial charge is 0.573 e. The minimum absolute atomic E-state index is 0.200. The lowest BCUT2D eigenvalue weighted by molar-refractivity contribution is -0.274. The molecule has 1 aromatic rings. The van der Waals surface area contributed by atoms with E-state index in [2.05, 4.69) is 4.74 Å². The summed E-state index contributed by atoms with van der Waals surface area (Å²) < 4.78 is 40.4. The molecule has 0 fully saturated rings. The molecule has 1 rings (SSSR count). The van der Waals surface area contributed by atoms with E-state index in [1.807, 2.05) is 0 Å². The van der Waals surface area contributed by atoms with Crippen LogP contribution in [-0.4, -0.2) is 6.36 Å². The van der Waals surface area contributed by atoms with Gasteiger partial charge in [-0.25, -0.2) is 0 Å². The van der Waals surface area contributed by atoms with Crippen molar-refractivity contribution >= 4 is 28.7 Å². The Bertz CT molecular complexity index is 551. The molecule has 0 saturated heterocycles. The van der Waals surface area contributed by atoms with E-state index in [0.29, 0.717) is 0 Å². The molecule has 0 bridgehead atoms. The zero-order chi connectivity index (χ0) is 13.8. The third-order valence-electron chi connectivity index (χ3n) is 1.73. The van der Waals surface area contributed by atoms with Gasteiger partial charge in [-0.05, 0) is 46.4 Å². The molecule has 0 amide bonds. The second-order valence-electron chi connectivity index (χ2n) is 3.02. The van der Waals surface area contributed by atoms with Crippen molar-refractivity contribution in [1.82, 2.24) is 0 Å². The van der Waals surface area contributed by atoms with Crippen LogP contribution in [0.25, 0.3) is 6.08 Å². The molecule has 0 heterocycles. The molecule has 3 nitrogen and oxygen atoms in total. The van der Waals surface area contributed by atoms with Crippen molar-refractivity contribution in [2.45, 2.75) is 6.36 Å². The van der Waals surface area contributed by atoms with Crippen LogP contribution in [0.4, 0.5) is 13.2 Å². The molecular formula is C11H4F3IN2O. The second kappa shape index (κ2) is 5.74. The lowest BCUT2D eigenvalue weighted by atomic mass is 10.1. The first kappa shape index (κ1) is 14.3. The van der Waals surface area contributed by atoms with Gasteiger partial charge in [0.1, 0.15) is 23.5 Å². The molecule has 0 atom stereocenters. The first-order chi connectivity index (χ1) is 8.35. The van der Waals surface area contributed by atoms with Crippen molar-refractivity contribution in [3.05, 3.63) is 32.9 Å². The first-order valence-corrected chi connectivity index (χ1v) is 5.51. The monoisotopic (exact) mass is 364 g/mol. The number of nitriles is 2. The van der Waals surface area contributed by atoms with Gasteiger partial charge in [-0.2, -0.15) is 10.5 Å². The molecule has 0 saturated carbocycles. The van der Waals surface area contributed by atoms with E-state index in [1.54, 1.807) is 34.7 Å². The molecule has 0 N–H and O–H groups in total. The van der Waals surface area contributed by atoms with Gasteiger partial charge in [0.25, 0.3) is 0 Å². The van der Waals surface area contributed by atoms with Gasteiger partial charge in [-0.3, -0.25) is 0 Å². The molecule has 0 aromatic heterocycles. The van der Waals surface area contributed by atoms with E-state index < -0.39 is 6.36 Å². The van der Waals surface area contributed by atoms with Gasteiger partial charge < -0.3 is 4.74 Å². The molecule has 7 heteroatoms. The standard InChI is InChI=1S/C11H4F3IN2O/c12-11(13,14)18-10-4-7(1-2-9(10)15)3-8(5-16)6-17/h1-4H. The second-order valence-corrected chi connectivity index (χ2v) is 4.18. The Hall–Kier alpha value is -1.74. The normalized spacial score (nSPS) is 10.1. The summed E-state index contributed by atoms with van der Waals surface area (Å²) in [6, 6.07) is 7.24. The summed E-state index contributed by atoms with van der Waals surface area (Å²) in [6.07, 6.45) is -3.60. The number of halogens is 4. The van der Waals surface area contributed by atoms with E-state index in [0.717, 1.165) is 6.07 Å². The topological polar surface area (TPSA) is 56.8 Å². The predicted octanol–water partition coefficient (Wildman–Crippen LogP) is 3.62. The summed E-state index contributed by atoms with van der Waals surface area (Å²) in [5.74, 6) is -0.368. The molecule has 0 radical (unpaired) electrons. The van der Waals surface area contributed by atoms with Gasteiger partial charge in [0, 0.05) is 0 Å². The summed E-state index contributed by atoms with van der Waals surface area (Å²) in [5, 5.41) is 17.1. The van der Waals surface area contributed by atoms with Crippen LogP contribution >= 0.6 is 22.6 Å². The van der Waals surface area contributed by atoms with E-state index in [1.165, 1.54) is 18.2 Å². The third-order valence-corrected chi connectivity index (χ3v) is 2.62. The van der Waals surface area contributed by atoms with E-state index in [-0.39, 0.29) is 20.5 Å². The molecule has 0 spiro atoms. The smallest absolute Gasteiger partial charge is 0.405 e. The Kier molecular flexibility index (Phi) is 4.56. The van der Waals surface area contributed by atoms with Crippen LogP contribution in [0.3, 0.4) is 0 Å². The highest BCUT2D eigenvalue weighted by Crippen LogP contribution is 2.29. The van der Waals surface area contributed by atoms with Crippen molar-refractivity contribution in [1.29, 1.82) is 10.5 Å². The van der Waals surface area contributed by atoms with Crippen molar-refractivity contribution in [3.8, 4) is 17.9 Å². The maximum atomic E-state index is 12.1. The van der Waals surface area contributed by atoms with E-state index in [4.69, 9.17) is 10.5 Å². The Morgan fingerprint density at radius 2 is 1.89 bits per heavy atom. The van der Waals surface area contributed by atoms with Gasteiger partial charge in [-0.1, -0.05) is 6.07 Å². The zero-order valence-electron chi connectivity index (χ0n) is 8.62. The fourth-order valence-corrected chi connectivity index (χ4v) is 1.51. The molecule has 0 aliphatic rings. The lowest BCUT2D eigenvalue weighted by Crippen LogP contribution is -2.17. The number of hydrogen-bond donors (Lipinski definition) is 0. The van der Waals surface area contributed by atoms with Gasteiger partial charge in [-0.15, -0.1) is 13.2 Å². The van der Waals surface area contributed by atoms with E-state index in [9.17, 15) is 13.2 Å². The molecular weight excluding hydrogens is 360 g/mol. The number of rotatable bonds is 2. The van der Waals surface area contributed by atoms with Crippen LogP contribution in [0.2, 0.25) is 0 Å². The van der Waals surface area contributed by atoms with Crippen LogP contribution in [0, 0.1) is 26.2 Å². The maximum absolute atomic E-state index is 12.1. The highest BCUT2D eigenvalue weighted by molar-refractivity contribution is 14.1. The third kappa shape index (κ3) is 4.26. The molecule has 18 heavy (non-hydrogen) atoms. The number of ether oxygens (including phenoxy) is 1. The lowest BCUT2D eigenvalue weighted by Gasteiger charge is -2.10. The fourth-order valence-electron chi connectivity index (χ4n) is 1.07. The Morgan fingerprint density at radius 1 is 1.28 bits per heavy atom. The average molecular weight is 364 g/mol. The Morgan fingerprint density at radius 3 is 2.39 bits per heavy atom. The Balaban J connectivity index is 3.14. The van der Waals surface area contributed by atoms with Crippen molar-refractivity contribution in [3.63, 3.8) is 0 Å². The van der Waals surface area contributed by atoms with Crippen LogP contribution < -0.4 is 4.74 Å². The van der Waals surface area contributed by atoms with Crippen molar-refractivity contribution < 1.29 is 17.9 Å². The molecule has 1 aromatic carbocycles. The summed E-state index contributed by atoms with van der Waals surface area (Å²) in [5.41, 5.74) is 0.0851. The summed E-state index contributed by atoms with van der Waals surface area (Å²) in [6.45, 7) is 0. The molecule has 0 aliphatic heterocycles. The van der Waals surface area contributed by atoms with Crippen molar-refractivity contribution in [2.24, 2.45) is 0 Å². The number of hydrogen-bond acceptors (Lipinski definition) is 3. The quantitative estimate of drug-likeness (QED) is 0.595. The maximum Gasteiger partial charge on any atom is 0.573 e. The molecule has 92 valence electrons. The number of alkyl halides is 3. The minimum Gasteiger partial charge on any atom is -0.405 e. The predicted molar refractivity (Wildman–Crippen MR) is 65.0 cm³/mol. The van der Waals surface area contributed by atoms with Crippen LogP contribution in [0.5, 0.6) is 5.75 Å². The van der Waals surface area contributed by atoms with Gasteiger partial charge in [0.15, 0.2) is 0 Å². The number of allylic oxidation sites excluding steroid dienone is 1. The highest BCUT2D eigenvalue weighted by Gasteiger charge is 2.31. The molecule has 0 aliphatic carbocycles. The van der Waals surface area contributed by atoms with Gasteiger partial charge >= 0.3 is 6.36 Å². The van der Waals surface area contributed by atoms with E-state index >= 15 is 0 Å². The van der Waals surface area contributed by atoms with Gasteiger partial charge in [0.05, 0.1) is 3.57 Å². The summed E-state index contributed by atoms with van der Waals surface area (Å²) >= 11 is 1.69. The summed E-state index contributed by atoms with van der Waals surface area (Å²) in [4.78, 5) is 0. The average Bonchev–Trinajstić information content (AvgIpc) is 2.28. The SMILES string of the molecule is N#CC(C#N)=Cc1ccc(I)c(OC(F)(F)F)c1. The zero-order valence-corrected chi connectivity index (χ0v) is 10.8. The Labute approximate surface area is 114 Å². The molecule has 0 unspecified atom stereocenters.